The van der Waals surface area contributed by atoms with Crippen LogP contribution in [0.15, 0.2) is 18.3 Å². The van der Waals surface area contributed by atoms with Crippen LogP contribution in [0.5, 0.6) is 0 Å². The molecule has 1 aromatic rings. The Morgan fingerprint density at radius 1 is 1.40 bits per heavy atom. The molecule has 0 unspecified atom stereocenters. The van der Waals surface area contributed by atoms with E-state index >= 15 is 0 Å². The van der Waals surface area contributed by atoms with Gasteiger partial charge >= 0.3 is 0 Å². The number of pyridine rings is 1. The van der Waals surface area contributed by atoms with Gasteiger partial charge in [-0.2, -0.15) is 5.26 Å². The van der Waals surface area contributed by atoms with Crippen LogP contribution in [-0.4, -0.2) is 18.1 Å². The van der Waals surface area contributed by atoms with E-state index in [-0.39, 0.29) is 0 Å². The van der Waals surface area contributed by atoms with Crippen LogP contribution in [0.1, 0.15) is 24.8 Å². The van der Waals surface area contributed by atoms with Crippen molar-refractivity contribution in [1.29, 1.82) is 5.26 Å². The van der Waals surface area contributed by atoms with E-state index in [1.165, 1.54) is 6.42 Å². The van der Waals surface area contributed by atoms with Crippen molar-refractivity contribution in [3.63, 3.8) is 0 Å². The summed E-state index contributed by atoms with van der Waals surface area (Å²) in [5.41, 5.74) is 0.569. The molecule has 1 aliphatic rings. The van der Waals surface area contributed by atoms with Crippen LogP contribution >= 0.6 is 0 Å². The quantitative estimate of drug-likeness (QED) is 0.699. The smallest absolute Gasteiger partial charge is 0.170 e. The molecule has 78 valence electrons. The summed E-state index contributed by atoms with van der Waals surface area (Å²) >= 11 is 0. The molecule has 0 radical (unpaired) electrons. The Morgan fingerprint density at radius 3 is 3.20 bits per heavy atom. The Bertz CT molecular complexity index is 364. The minimum atomic E-state index is 0.569. The zero-order chi connectivity index (χ0) is 10.5. The fourth-order valence-corrected chi connectivity index (χ4v) is 1.62. The maximum atomic E-state index is 8.95. The van der Waals surface area contributed by atoms with Crippen molar-refractivity contribution in [2.45, 2.75) is 19.3 Å². The second kappa shape index (κ2) is 4.76. The maximum Gasteiger partial charge on any atom is 0.170 e. The molecule has 1 aliphatic heterocycles. The molecule has 15 heavy (non-hydrogen) atoms. The molecular weight excluding hydrogens is 190 g/mol. The predicted molar refractivity (Wildman–Crippen MR) is 56.1 cm³/mol. The predicted octanol–water partition coefficient (Wildman–Crippen LogP) is 1.88. The lowest BCUT2D eigenvalue weighted by Gasteiger charge is -2.20. The lowest BCUT2D eigenvalue weighted by Crippen LogP contribution is -2.25. The zero-order valence-electron chi connectivity index (χ0n) is 8.52. The van der Waals surface area contributed by atoms with Gasteiger partial charge in [-0.25, -0.2) is 10.0 Å². The van der Waals surface area contributed by atoms with Crippen LogP contribution in [0.4, 0.5) is 5.82 Å². The van der Waals surface area contributed by atoms with E-state index in [1.54, 1.807) is 23.4 Å². The average Bonchev–Trinajstić information content (AvgIpc) is 2.57. The third-order valence-electron chi connectivity index (χ3n) is 2.40. The maximum absolute atomic E-state index is 8.95. The molecule has 0 amide bonds. The molecule has 1 aromatic heterocycles. The topological polar surface area (TPSA) is 49.2 Å². The fraction of sp³-hybridized carbons (Fsp3) is 0.455. The number of nitrogens with zero attached hydrogens (tertiary/aromatic N) is 3. The first-order chi connectivity index (χ1) is 7.42. The van der Waals surface area contributed by atoms with Crippen molar-refractivity contribution in [2.24, 2.45) is 0 Å². The van der Waals surface area contributed by atoms with Crippen molar-refractivity contribution in [3.05, 3.63) is 23.9 Å². The van der Waals surface area contributed by atoms with Crippen LogP contribution in [0.25, 0.3) is 0 Å². The van der Waals surface area contributed by atoms with E-state index in [0.717, 1.165) is 19.4 Å². The molecule has 2 rings (SSSR count). The molecule has 1 saturated heterocycles. The summed E-state index contributed by atoms with van der Waals surface area (Å²) in [6, 6.07) is 5.65. The molecule has 0 N–H and O–H groups in total. The number of hydroxylamine groups is 1. The highest BCUT2D eigenvalue weighted by atomic mass is 16.7. The summed E-state index contributed by atoms with van der Waals surface area (Å²) in [5.74, 6) is 0.641. The van der Waals surface area contributed by atoms with Crippen LogP contribution < -0.4 is 5.06 Å². The van der Waals surface area contributed by atoms with E-state index in [4.69, 9.17) is 10.1 Å². The third kappa shape index (κ3) is 2.25. The summed E-state index contributed by atoms with van der Waals surface area (Å²) in [4.78, 5) is 9.74. The Hall–Kier alpha value is -1.60. The summed E-state index contributed by atoms with van der Waals surface area (Å²) in [7, 11) is 0. The minimum Gasteiger partial charge on any atom is -0.272 e. The van der Waals surface area contributed by atoms with Gasteiger partial charge in [-0.15, -0.1) is 0 Å². The molecular formula is C11H13N3O. The van der Waals surface area contributed by atoms with Gasteiger partial charge in [-0.05, 0) is 31.4 Å². The van der Waals surface area contributed by atoms with E-state index in [1.807, 2.05) is 0 Å². The number of nitriles is 1. The first-order valence-corrected chi connectivity index (χ1v) is 5.17. The van der Waals surface area contributed by atoms with E-state index in [2.05, 4.69) is 11.1 Å². The Labute approximate surface area is 89.1 Å². The normalized spacial score (nSPS) is 16.9. The van der Waals surface area contributed by atoms with Gasteiger partial charge in [-0.3, -0.25) is 4.84 Å². The largest absolute Gasteiger partial charge is 0.272 e. The summed E-state index contributed by atoms with van der Waals surface area (Å²) in [5, 5.41) is 10.7. The van der Waals surface area contributed by atoms with Crippen LogP contribution in [0.3, 0.4) is 0 Å². The van der Waals surface area contributed by atoms with Gasteiger partial charge < -0.3 is 0 Å². The molecule has 0 bridgehead atoms. The van der Waals surface area contributed by atoms with Gasteiger partial charge in [-0.1, -0.05) is 0 Å². The van der Waals surface area contributed by atoms with E-state index in [0.29, 0.717) is 18.0 Å². The average molecular weight is 203 g/mol. The fourth-order valence-electron chi connectivity index (χ4n) is 1.62. The molecule has 0 spiro atoms. The Balaban J connectivity index is 2.23. The van der Waals surface area contributed by atoms with Crippen molar-refractivity contribution in [1.82, 2.24) is 4.98 Å². The number of anilines is 1. The molecule has 0 saturated carbocycles. The van der Waals surface area contributed by atoms with Crippen molar-refractivity contribution >= 4 is 5.82 Å². The van der Waals surface area contributed by atoms with Crippen molar-refractivity contribution < 1.29 is 4.84 Å². The molecule has 1 fully saturated rings. The van der Waals surface area contributed by atoms with Crippen molar-refractivity contribution in [3.8, 4) is 6.07 Å². The van der Waals surface area contributed by atoms with Gasteiger partial charge in [0, 0.05) is 12.7 Å². The van der Waals surface area contributed by atoms with Gasteiger partial charge in [0.25, 0.3) is 0 Å². The van der Waals surface area contributed by atoms with E-state index in [9.17, 15) is 0 Å². The van der Waals surface area contributed by atoms with Gasteiger partial charge in [0.1, 0.15) is 6.07 Å². The monoisotopic (exact) mass is 203 g/mol. The second-order valence-corrected chi connectivity index (χ2v) is 3.48. The molecule has 4 heteroatoms. The van der Waals surface area contributed by atoms with Crippen LogP contribution in [-0.2, 0) is 4.84 Å². The van der Waals surface area contributed by atoms with Gasteiger partial charge in [0.2, 0.25) is 0 Å². The molecule has 2 heterocycles. The standard InChI is InChI=1S/C11H13N3O/c12-9-10-5-4-6-13-11(10)14-7-2-1-3-8-15-14/h4-6H,1-3,7-8H2. The third-order valence-corrected chi connectivity index (χ3v) is 2.40. The molecule has 0 atom stereocenters. The summed E-state index contributed by atoms with van der Waals surface area (Å²) < 4.78 is 0. The van der Waals surface area contributed by atoms with Gasteiger partial charge in [0.15, 0.2) is 5.82 Å². The number of hydrogen-bond acceptors (Lipinski definition) is 4. The summed E-state index contributed by atoms with van der Waals surface area (Å²) in [6.07, 6.45) is 5.02. The zero-order valence-corrected chi connectivity index (χ0v) is 8.52. The highest BCUT2D eigenvalue weighted by molar-refractivity contribution is 5.51. The number of hydrogen-bond donors (Lipinski definition) is 0. The highest BCUT2D eigenvalue weighted by Gasteiger charge is 2.15. The molecule has 0 aromatic carbocycles. The van der Waals surface area contributed by atoms with Gasteiger partial charge in [0.05, 0.1) is 12.2 Å². The lowest BCUT2D eigenvalue weighted by molar-refractivity contribution is 0.117. The van der Waals surface area contributed by atoms with E-state index < -0.39 is 0 Å². The lowest BCUT2D eigenvalue weighted by atomic mass is 10.2. The second-order valence-electron chi connectivity index (χ2n) is 3.48. The Kier molecular flexibility index (Phi) is 3.15. The summed E-state index contributed by atoms with van der Waals surface area (Å²) in [6.45, 7) is 1.52. The first-order valence-electron chi connectivity index (χ1n) is 5.17. The van der Waals surface area contributed by atoms with Crippen LogP contribution in [0.2, 0.25) is 0 Å². The van der Waals surface area contributed by atoms with Crippen LogP contribution in [0, 0.1) is 11.3 Å². The Morgan fingerprint density at radius 2 is 2.33 bits per heavy atom. The minimum absolute atomic E-state index is 0.569. The molecule has 0 aliphatic carbocycles. The highest BCUT2D eigenvalue weighted by Crippen LogP contribution is 2.19. The van der Waals surface area contributed by atoms with Crippen molar-refractivity contribution in [2.75, 3.05) is 18.2 Å². The first kappa shape index (κ1) is 9.94. The number of aromatic nitrogens is 1. The SMILES string of the molecule is N#Cc1cccnc1N1CCCCCO1. The number of rotatable bonds is 1. The molecule has 4 nitrogen and oxygen atoms in total.